The Kier molecular flexibility index (Phi) is 6.01. The number of para-hydroxylation sites is 1. The number of amides is 1. The molecule has 1 atom stereocenters. The summed E-state index contributed by atoms with van der Waals surface area (Å²) >= 11 is 0. The minimum absolute atomic E-state index is 0.00926. The van der Waals surface area contributed by atoms with E-state index in [2.05, 4.69) is 10.3 Å². The molecule has 1 amide bonds. The van der Waals surface area contributed by atoms with Gasteiger partial charge in [-0.15, -0.1) is 0 Å². The second kappa shape index (κ2) is 8.62. The molecule has 1 N–H and O–H groups in total. The molecule has 2 heterocycles. The van der Waals surface area contributed by atoms with Gasteiger partial charge in [0, 0.05) is 12.2 Å². The molecule has 1 aliphatic heterocycles. The minimum Gasteiger partial charge on any atom is -0.496 e. The van der Waals surface area contributed by atoms with Gasteiger partial charge in [-0.25, -0.2) is 0 Å². The third kappa shape index (κ3) is 4.37. The molecule has 132 valence electrons. The van der Waals surface area contributed by atoms with E-state index in [1.165, 1.54) is 0 Å². The van der Waals surface area contributed by atoms with Gasteiger partial charge < -0.3 is 15.0 Å². The molecule has 1 aromatic carbocycles. The average Bonchev–Trinajstić information content (AvgIpc) is 2.95. The third-order valence-corrected chi connectivity index (χ3v) is 4.64. The lowest BCUT2D eigenvalue weighted by Crippen LogP contribution is -2.40. The lowest BCUT2D eigenvalue weighted by atomic mass is 10.0. The van der Waals surface area contributed by atoms with Crippen LogP contribution in [0, 0.1) is 0 Å². The number of benzene rings is 1. The van der Waals surface area contributed by atoms with Crippen molar-refractivity contribution in [2.24, 2.45) is 0 Å². The number of ether oxygens (including phenoxy) is 1. The van der Waals surface area contributed by atoms with Crippen LogP contribution in [0.3, 0.4) is 0 Å². The summed E-state index contributed by atoms with van der Waals surface area (Å²) in [7, 11) is 1.60. The maximum Gasteiger partial charge on any atom is 0.258 e. The summed E-state index contributed by atoms with van der Waals surface area (Å²) in [4.78, 5) is 19.7. The van der Waals surface area contributed by atoms with E-state index in [1.807, 2.05) is 47.4 Å². The zero-order chi connectivity index (χ0) is 17.5. The second-order valence-corrected chi connectivity index (χ2v) is 6.29. The molecule has 0 radical (unpaired) electrons. The molecule has 5 heteroatoms. The Balaban J connectivity index is 1.90. The van der Waals surface area contributed by atoms with Crippen LogP contribution in [0.25, 0.3) is 0 Å². The predicted octanol–water partition coefficient (Wildman–Crippen LogP) is 2.87. The highest BCUT2D eigenvalue weighted by Crippen LogP contribution is 2.24. The molecule has 0 bridgehead atoms. The summed E-state index contributed by atoms with van der Waals surface area (Å²) in [6.07, 6.45) is 4.80. The van der Waals surface area contributed by atoms with E-state index < -0.39 is 0 Å². The van der Waals surface area contributed by atoms with Crippen LogP contribution in [0.1, 0.15) is 35.3 Å². The summed E-state index contributed by atoms with van der Waals surface area (Å²) in [6, 6.07) is 13.5. The van der Waals surface area contributed by atoms with Gasteiger partial charge in [0.05, 0.1) is 24.9 Å². The quantitative estimate of drug-likeness (QED) is 0.910. The lowest BCUT2D eigenvalue weighted by molar-refractivity contribution is 0.0639. The van der Waals surface area contributed by atoms with E-state index in [1.54, 1.807) is 13.3 Å². The lowest BCUT2D eigenvalue weighted by Gasteiger charge is -2.31. The Morgan fingerprint density at radius 2 is 2.04 bits per heavy atom. The first-order valence-electron chi connectivity index (χ1n) is 8.84. The molecular formula is C20H25N3O2. The standard InChI is InChI=1S/C20H25N3O2/c1-25-19-10-3-2-9-18(19)20(24)23(15-16-7-4-5-13-22-16)17-8-6-12-21-14-11-17/h2-5,7,9-10,13,17,21H,6,8,11-12,14-15H2,1H3/t17-/m0/s1. The zero-order valence-corrected chi connectivity index (χ0v) is 14.6. The molecule has 0 unspecified atom stereocenters. The zero-order valence-electron chi connectivity index (χ0n) is 14.6. The fourth-order valence-electron chi connectivity index (χ4n) is 3.32. The number of hydrogen-bond acceptors (Lipinski definition) is 4. The van der Waals surface area contributed by atoms with E-state index in [4.69, 9.17) is 4.74 Å². The number of pyridine rings is 1. The molecule has 0 saturated carbocycles. The van der Waals surface area contributed by atoms with Crippen molar-refractivity contribution in [3.63, 3.8) is 0 Å². The fourth-order valence-corrected chi connectivity index (χ4v) is 3.32. The number of carbonyl (C=O) groups excluding carboxylic acids is 1. The molecule has 2 aromatic rings. The second-order valence-electron chi connectivity index (χ2n) is 6.29. The topological polar surface area (TPSA) is 54.5 Å². The first-order chi connectivity index (χ1) is 12.3. The van der Waals surface area contributed by atoms with Crippen LogP contribution in [0.4, 0.5) is 0 Å². The summed E-state index contributed by atoms with van der Waals surface area (Å²) in [5.41, 5.74) is 1.51. The maximum atomic E-state index is 13.3. The Morgan fingerprint density at radius 3 is 2.84 bits per heavy atom. The summed E-state index contributed by atoms with van der Waals surface area (Å²) < 4.78 is 5.40. The van der Waals surface area contributed by atoms with Crippen molar-refractivity contribution in [2.75, 3.05) is 20.2 Å². The number of hydrogen-bond donors (Lipinski definition) is 1. The molecule has 3 rings (SSSR count). The number of rotatable bonds is 5. The SMILES string of the molecule is COc1ccccc1C(=O)N(Cc1ccccn1)[C@H]1CCCNCC1. The molecule has 1 aliphatic rings. The maximum absolute atomic E-state index is 13.3. The van der Waals surface area contributed by atoms with Crippen molar-refractivity contribution in [3.05, 3.63) is 59.9 Å². The molecule has 1 aromatic heterocycles. The Bertz CT molecular complexity index is 682. The van der Waals surface area contributed by atoms with E-state index in [-0.39, 0.29) is 11.9 Å². The first kappa shape index (κ1) is 17.4. The van der Waals surface area contributed by atoms with Gasteiger partial charge >= 0.3 is 0 Å². The first-order valence-corrected chi connectivity index (χ1v) is 8.84. The number of nitrogens with one attached hydrogen (secondary N) is 1. The van der Waals surface area contributed by atoms with E-state index in [9.17, 15) is 4.79 Å². The summed E-state index contributed by atoms with van der Waals surface area (Å²) in [6.45, 7) is 2.46. The molecule has 1 fully saturated rings. The Hall–Kier alpha value is -2.40. The molecule has 25 heavy (non-hydrogen) atoms. The minimum atomic E-state index is 0.00926. The number of nitrogens with zero attached hydrogens (tertiary/aromatic N) is 2. The highest BCUT2D eigenvalue weighted by molar-refractivity contribution is 5.97. The van der Waals surface area contributed by atoms with Gasteiger partial charge in [-0.3, -0.25) is 9.78 Å². The Labute approximate surface area is 149 Å². The van der Waals surface area contributed by atoms with Gasteiger partial charge in [0.1, 0.15) is 5.75 Å². The molecule has 0 spiro atoms. The van der Waals surface area contributed by atoms with Gasteiger partial charge in [0.2, 0.25) is 0 Å². The highest BCUT2D eigenvalue weighted by Gasteiger charge is 2.27. The van der Waals surface area contributed by atoms with E-state index >= 15 is 0 Å². The van der Waals surface area contributed by atoms with Crippen molar-refractivity contribution >= 4 is 5.91 Å². The normalized spacial score (nSPS) is 17.6. The number of carbonyl (C=O) groups is 1. The van der Waals surface area contributed by atoms with Crippen LogP contribution in [0.5, 0.6) is 5.75 Å². The molecule has 0 aliphatic carbocycles. The van der Waals surface area contributed by atoms with Crippen LogP contribution in [-0.2, 0) is 6.54 Å². The monoisotopic (exact) mass is 339 g/mol. The van der Waals surface area contributed by atoms with E-state index in [0.29, 0.717) is 17.9 Å². The van der Waals surface area contributed by atoms with Crippen molar-refractivity contribution in [1.29, 1.82) is 0 Å². The van der Waals surface area contributed by atoms with Crippen LogP contribution < -0.4 is 10.1 Å². The molecular weight excluding hydrogens is 314 g/mol. The van der Waals surface area contributed by atoms with Crippen molar-refractivity contribution in [2.45, 2.75) is 31.8 Å². The van der Waals surface area contributed by atoms with Crippen LogP contribution >= 0.6 is 0 Å². The largest absolute Gasteiger partial charge is 0.496 e. The van der Waals surface area contributed by atoms with Gasteiger partial charge in [0.25, 0.3) is 5.91 Å². The van der Waals surface area contributed by atoms with Gasteiger partial charge in [-0.2, -0.15) is 0 Å². The number of methoxy groups -OCH3 is 1. The average molecular weight is 339 g/mol. The van der Waals surface area contributed by atoms with Crippen molar-refractivity contribution in [1.82, 2.24) is 15.2 Å². The Morgan fingerprint density at radius 1 is 1.20 bits per heavy atom. The third-order valence-electron chi connectivity index (χ3n) is 4.64. The number of aromatic nitrogens is 1. The van der Waals surface area contributed by atoms with Crippen LogP contribution in [-0.4, -0.2) is 42.0 Å². The van der Waals surface area contributed by atoms with Gasteiger partial charge in [0.15, 0.2) is 0 Å². The van der Waals surface area contributed by atoms with Crippen molar-refractivity contribution < 1.29 is 9.53 Å². The highest BCUT2D eigenvalue weighted by atomic mass is 16.5. The summed E-state index contributed by atoms with van der Waals surface area (Å²) in [5, 5.41) is 3.42. The van der Waals surface area contributed by atoms with Gasteiger partial charge in [-0.05, 0) is 56.6 Å². The van der Waals surface area contributed by atoms with Gasteiger partial charge in [-0.1, -0.05) is 18.2 Å². The molecule has 5 nitrogen and oxygen atoms in total. The van der Waals surface area contributed by atoms with Crippen LogP contribution in [0.15, 0.2) is 48.7 Å². The smallest absolute Gasteiger partial charge is 0.258 e. The predicted molar refractivity (Wildman–Crippen MR) is 97.6 cm³/mol. The van der Waals surface area contributed by atoms with Crippen molar-refractivity contribution in [3.8, 4) is 5.75 Å². The summed E-state index contributed by atoms with van der Waals surface area (Å²) in [5.74, 6) is 0.625. The fraction of sp³-hybridized carbons (Fsp3) is 0.400. The molecule has 1 saturated heterocycles. The van der Waals surface area contributed by atoms with E-state index in [0.717, 1.165) is 38.0 Å². The van der Waals surface area contributed by atoms with Crippen LogP contribution in [0.2, 0.25) is 0 Å².